The van der Waals surface area contributed by atoms with E-state index in [-0.39, 0.29) is 6.61 Å². The fourth-order valence-electron chi connectivity index (χ4n) is 3.82. The van der Waals surface area contributed by atoms with Crippen LogP contribution in [0.3, 0.4) is 0 Å². The number of rotatable bonds is 15. The molecule has 0 spiro atoms. The molecule has 0 aliphatic carbocycles. The molecule has 10 nitrogen and oxygen atoms in total. The highest BCUT2D eigenvalue weighted by Crippen LogP contribution is 2.35. The van der Waals surface area contributed by atoms with E-state index >= 15 is 0 Å². The van der Waals surface area contributed by atoms with Crippen molar-refractivity contribution in [3.8, 4) is 0 Å². The van der Waals surface area contributed by atoms with E-state index in [1.165, 1.54) is 0 Å². The molecule has 1 aliphatic rings. The molecule has 216 valence electrons. The molecule has 38 heavy (non-hydrogen) atoms. The summed E-state index contributed by atoms with van der Waals surface area (Å²) in [6.07, 6.45) is 3.14. The predicted molar refractivity (Wildman–Crippen MR) is 153 cm³/mol. The molecule has 2 aromatic heterocycles. The van der Waals surface area contributed by atoms with Crippen molar-refractivity contribution in [1.82, 2.24) is 19.4 Å². The minimum absolute atomic E-state index is 0.290. The molecule has 1 aliphatic heterocycles. The molecule has 2 atom stereocenters. The first-order valence-electron chi connectivity index (χ1n) is 13.1. The van der Waals surface area contributed by atoms with Crippen LogP contribution >= 0.6 is 15.9 Å². The summed E-state index contributed by atoms with van der Waals surface area (Å²) in [5, 5.41) is 4.11. The first-order chi connectivity index (χ1) is 17.8. The average molecular weight is 636 g/mol. The van der Waals surface area contributed by atoms with Crippen molar-refractivity contribution >= 4 is 35.0 Å². The standard InChI is InChI=1S/C25H43BrN4O6SSi/c1-19-15-21(28-36-19)25(34-11-12-35-25)9-8-10-32-17-20(29-37(31)24(2,3)4)23-27-22(26)16-30(23)18-33-13-14-38(5,6)7/h15-16,20,29H,8-14,17-18H2,1-7H3/t20-,37+/m0/s1. The summed E-state index contributed by atoms with van der Waals surface area (Å²) in [6, 6.07) is 2.53. The van der Waals surface area contributed by atoms with Crippen molar-refractivity contribution in [2.45, 2.75) is 89.5 Å². The molecule has 0 amide bonds. The number of imidazole rings is 1. The van der Waals surface area contributed by atoms with Gasteiger partial charge in [-0.25, -0.2) is 13.9 Å². The van der Waals surface area contributed by atoms with Crippen LogP contribution in [0.25, 0.3) is 0 Å². The molecule has 2 aromatic rings. The Bertz CT molecular complexity index is 1050. The van der Waals surface area contributed by atoms with Crippen molar-refractivity contribution < 1.29 is 27.7 Å². The zero-order valence-electron chi connectivity index (χ0n) is 23.7. The molecular weight excluding hydrogens is 592 g/mol. The zero-order valence-corrected chi connectivity index (χ0v) is 27.1. The van der Waals surface area contributed by atoms with Crippen molar-refractivity contribution in [3.05, 3.63) is 34.1 Å². The molecule has 3 rings (SSSR count). The third-order valence-electron chi connectivity index (χ3n) is 5.97. The molecule has 0 aromatic carbocycles. The lowest BCUT2D eigenvalue weighted by molar-refractivity contribution is -0.177. The fraction of sp³-hybridized carbons (Fsp3) is 0.760. The van der Waals surface area contributed by atoms with Gasteiger partial charge in [-0.05, 0) is 56.1 Å². The molecule has 1 N–H and O–H groups in total. The largest absolute Gasteiger partial charge is 0.379 e. The van der Waals surface area contributed by atoms with E-state index in [2.05, 4.69) is 50.4 Å². The lowest BCUT2D eigenvalue weighted by Crippen LogP contribution is -2.38. The van der Waals surface area contributed by atoms with Gasteiger partial charge in [-0.2, -0.15) is 0 Å². The van der Waals surface area contributed by atoms with E-state index in [4.69, 9.17) is 23.5 Å². The molecule has 0 unspecified atom stereocenters. The topological polar surface area (TPSA) is 110 Å². The Morgan fingerprint density at radius 2 is 1.95 bits per heavy atom. The lowest BCUT2D eigenvalue weighted by atomic mass is 10.1. The van der Waals surface area contributed by atoms with Crippen LogP contribution in [0.15, 0.2) is 21.4 Å². The van der Waals surface area contributed by atoms with Gasteiger partial charge in [-0.15, -0.1) is 0 Å². The number of hydrogen-bond acceptors (Lipinski definition) is 8. The molecule has 0 radical (unpaired) electrons. The summed E-state index contributed by atoms with van der Waals surface area (Å²) in [5.74, 6) is 0.516. The maximum absolute atomic E-state index is 13.0. The van der Waals surface area contributed by atoms with Crippen LogP contribution in [0.5, 0.6) is 0 Å². The average Bonchev–Trinajstić information content (AvgIpc) is 3.55. The molecule has 0 bridgehead atoms. The van der Waals surface area contributed by atoms with Gasteiger partial charge in [0.25, 0.3) is 0 Å². The maximum Gasteiger partial charge on any atom is 0.216 e. The highest BCUT2D eigenvalue weighted by atomic mass is 79.9. The molecule has 0 saturated carbocycles. The number of nitrogens with one attached hydrogen (secondary N) is 1. The molecular formula is C25H43BrN4O6SSi. The van der Waals surface area contributed by atoms with Gasteiger partial charge < -0.3 is 28.0 Å². The predicted octanol–water partition coefficient (Wildman–Crippen LogP) is 5.04. The second-order valence-electron chi connectivity index (χ2n) is 11.7. The monoisotopic (exact) mass is 634 g/mol. The van der Waals surface area contributed by atoms with Gasteiger partial charge in [-0.1, -0.05) is 24.8 Å². The summed E-state index contributed by atoms with van der Waals surface area (Å²) in [7, 11) is -2.51. The number of aryl methyl sites for hydroxylation is 1. The molecule has 13 heteroatoms. The summed E-state index contributed by atoms with van der Waals surface area (Å²) < 4.78 is 47.6. The van der Waals surface area contributed by atoms with Gasteiger partial charge in [0.05, 0.1) is 35.6 Å². The Balaban J connectivity index is 1.62. The summed E-state index contributed by atoms with van der Waals surface area (Å²) in [6.45, 7) is 17.5. The highest BCUT2D eigenvalue weighted by Gasteiger charge is 2.41. The van der Waals surface area contributed by atoms with E-state index < -0.39 is 35.6 Å². The van der Waals surface area contributed by atoms with Gasteiger partial charge in [0.2, 0.25) is 5.79 Å². The number of halogens is 1. The Labute approximate surface area is 238 Å². The first-order valence-corrected chi connectivity index (χ1v) is 18.7. The third-order valence-corrected chi connectivity index (χ3v) is 9.67. The maximum atomic E-state index is 13.0. The van der Waals surface area contributed by atoms with Crippen LogP contribution in [0.4, 0.5) is 0 Å². The van der Waals surface area contributed by atoms with Crippen LogP contribution < -0.4 is 4.72 Å². The zero-order chi connectivity index (χ0) is 28.0. The minimum Gasteiger partial charge on any atom is -0.379 e. The third kappa shape index (κ3) is 9.32. The van der Waals surface area contributed by atoms with Crippen LogP contribution in [-0.2, 0) is 42.5 Å². The van der Waals surface area contributed by atoms with Gasteiger partial charge in [0.1, 0.15) is 34.7 Å². The quantitative estimate of drug-likeness (QED) is 0.214. The number of aromatic nitrogens is 3. The highest BCUT2D eigenvalue weighted by molar-refractivity contribution is 9.10. The van der Waals surface area contributed by atoms with Gasteiger partial charge in [0, 0.05) is 40.0 Å². The number of nitrogens with zero attached hydrogens (tertiary/aromatic N) is 3. The first kappa shape index (κ1) is 31.6. The molecule has 1 saturated heterocycles. The normalized spacial score (nSPS) is 17.7. The second kappa shape index (κ2) is 13.6. The van der Waals surface area contributed by atoms with E-state index in [0.717, 1.165) is 6.04 Å². The van der Waals surface area contributed by atoms with Gasteiger partial charge in [0.15, 0.2) is 0 Å². The van der Waals surface area contributed by atoms with Crippen molar-refractivity contribution in [1.29, 1.82) is 0 Å². The second-order valence-corrected chi connectivity index (χ2v) is 20.2. The van der Waals surface area contributed by atoms with Crippen molar-refractivity contribution in [2.75, 3.05) is 33.0 Å². The van der Waals surface area contributed by atoms with Crippen LogP contribution in [0.1, 0.15) is 56.9 Å². The number of hydrogen-bond donors (Lipinski definition) is 1. The summed E-state index contributed by atoms with van der Waals surface area (Å²) >= 11 is 3.49. The Kier molecular flexibility index (Phi) is 11.3. The minimum atomic E-state index is -1.32. The SMILES string of the molecule is Cc1cc(C2(CCCOC[C@H](N[S@](=O)C(C)(C)C)c3nc(Br)cn3COCC[Si](C)(C)C)OCCO2)no1. The van der Waals surface area contributed by atoms with E-state index in [0.29, 0.717) is 67.9 Å². The van der Waals surface area contributed by atoms with Crippen LogP contribution in [-0.4, -0.2) is 64.8 Å². The van der Waals surface area contributed by atoms with E-state index in [9.17, 15) is 4.21 Å². The smallest absolute Gasteiger partial charge is 0.216 e. The Morgan fingerprint density at radius 3 is 2.55 bits per heavy atom. The van der Waals surface area contributed by atoms with E-state index in [1.807, 2.05) is 44.5 Å². The fourth-order valence-corrected chi connectivity index (χ4v) is 5.79. The van der Waals surface area contributed by atoms with Crippen molar-refractivity contribution in [3.63, 3.8) is 0 Å². The summed E-state index contributed by atoms with van der Waals surface area (Å²) in [4.78, 5) is 4.66. The molecule has 3 heterocycles. The van der Waals surface area contributed by atoms with Gasteiger partial charge in [-0.3, -0.25) is 0 Å². The molecule has 1 fully saturated rings. The Hall–Kier alpha value is -0.933. The van der Waals surface area contributed by atoms with Gasteiger partial charge >= 0.3 is 0 Å². The summed E-state index contributed by atoms with van der Waals surface area (Å²) in [5.41, 5.74) is 0.647. The van der Waals surface area contributed by atoms with Crippen molar-refractivity contribution in [2.24, 2.45) is 0 Å². The Morgan fingerprint density at radius 1 is 1.24 bits per heavy atom. The van der Waals surface area contributed by atoms with E-state index in [1.54, 1.807) is 0 Å². The lowest BCUT2D eigenvalue weighted by Gasteiger charge is -2.26. The number of ether oxygens (including phenoxy) is 4. The van der Waals surface area contributed by atoms with Crippen LogP contribution in [0.2, 0.25) is 25.7 Å². The van der Waals surface area contributed by atoms with Crippen LogP contribution in [0, 0.1) is 6.92 Å².